The molecule has 2 atom stereocenters. The first kappa shape index (κ1) is 14.0. The minimum Gasteiger partial charge on any atom is -0.349 e. The Labute approximate surface area is 105 Å². The summed E-state index contributed by atoms with van der Waals surface area (Å²) in [5.41, 5.74) is 4.03. The second kappa shape index (κ2) is 5.52. The third kappa shape index (κ3) is 3.21. The van der Waals surface area contributed by atoms with Crippen LogP contribution < -0.4 is 0 Å². The van der Waals surface area contributed by atoms with E-state index in [0.29, 0.717) is 12.3 Å². The molecule has 1 rings (SSSR count). The zero-order valence-electron chi connectivity index (χ0n) is 11.8. The van der Waals surface area contributed by atoms with Crippen LogP contribution in [0.25, 0.3) is 0 Å². The summed E-state index contributed by atoms with van der Waals surface area (Å²) < 4.78 is 0. The summed E-state index contributed by atoms with van der Waals surface area (Å²) >= 11 is 0. The Morgan fingerprint density at radius 3 is 2.47 bits per heavy atom. The standard InChI is InChI=1S/C15H25NO/c1-10(2)13-8-7-11(3)12(4)14(13)9-15(17)16(5)6/h11,14H,4,7-9H2,1-3,5-6H3/t11-,14-/m1/s1. The van der Waals surface area contributed by atoms with Gasteiger partial charge in [-0.2, -0.15) is 0 Å². The van der Waals surface area contributed by atoms with Crippen LogP contribution in [0.4, 0.5) is 0 Å². The fraction of sp³-hybridized carbons (Fsp3) is 0.667. The number of rotatable bonds is 2. The van der Waals surface area contributed by atoms with E-state index in [0.717, 1.165) is 6.42 Å². The maximum Gasteiger partial charge on any atom is 0.222 e. The third-order valence-corrected chi connectivity index (χ3v) is 3.87. The molecule has 0 radical (unpaired) electrons. The molecule has 2 heteroatoms. The summed E-state index contributed by atoms with van der Waals surface area (Å²) in [7, 11) is 3.64. The van der Waals surface area contributed by atoms with Gasteiger partial charge in [0.15, 0.2) is 0 Å². The van der Waals surface area contributed by atoms with Gasteiger partial charge in [-0.25, -0.2) is 0 Å². The Bertz CT molecular complexity index is 348. The molecule has 0 aliphatic heterocycles. The Kier molecular flexibility index (Phi) is 4.55. The van der Waals surface area contributed by atoms with E-state index >= 15 is 0 Å². The van der Waals surface area contributed by atoms with Crippen molar-refractivity contribution in [2.45, 2.75) is 40.0 Å². The van der Waals surface area contributed by atoms with E-state index in [9.17, 15) is 4.79 Å². The van der Waals surface area contributed by atoms with E-state index in [1.807, 2.05) is 14.1 Å². The lowest BCUT2D eigenvalue weighted by molar-refractivity contribution is -0.129. The predicted octanol–water partition coefficient (Wildman–Crippen LogP) is 3.40. The molecule has 0 N–H and O–H groups in total. The quantitative estimate of drug-likeness (QED) is 0.672. The van der Waals surface area contributed by atoms with Crippen LogP contribution in [-0.2, 0) is 4.79 Å². The minimum atomic E-state index is 0.198. The Morgan fingerprint density at radius 1 is 1.41 bits per heavy atom. The number of carbonyl (C=O) groups excluding carboxylic acids is 1. The molecule has 17 heavy (non-hydrogen) atoms. The second-order valence-electron chi connectivity index (χ2n) is 5.58. The van der Waals surface area contributed by atoms with Gasteiger partial charge in [0.2, 0.25) is 5.91 Å². The molecule has 1 amide bonds. The number of allylic oxidation sites excluding steroid dienone is 3. The van der Waals surface area contributed by atoms with Crippen LogP contribution in [0, 0.1) is 11.8 Å². The summed E-state index contributed by atoms with van der Waals surface area (Å²) in [6.07, 6.45) is 2.87. The van der Waals surface area contributed by atoms with Crippen LogP contribution in [0.15, 0.2) is 23.3 Å². The normalized spacial score (nSPS) is 24.8. The first-order valence-electron chi connectivity index (χ1n) is 6.39. The van der Waals surface area contributed by atoms with Gasteiger partial charge in [0, 0.05) is 26.4 Å². The van der Waals surface area contributed by atoms with Crippen LogP contribution in [0.3, 0.4) is 0 Å². The lowest BCUT2D eigenvalue weighted by atomic mass is 9.72. The van der Waals surface area contributed by atoms with Crippen LogP contribution in [0.5, 0.6) is 0 Å². The van der Waals surface area contributed by atoms with Crippen molar-refractivity contribution in [2.75, 3.05) is 14.1 Å². The van der Waals surface area contributed by atoms with E-state index in [1.54, 1.807) is 4.90 Å². The molecule has 1 fully saturated rings. The minimum absolute atomic E-state index is 0.198. The van der Waals surface area contributed by atoms with Gasteiger partial charge in [0.1, 0.15) is 0 Å². The largest absolute Gasteiger partial charge is 0.349 e. The molecule has 0 aromatic heterocycles. The molecular formula is C15H25NO. The van der Waals surface area contributed by atoms with Crippen molar-refractivity contribution in [3.63, 3.8) is 0 Å². The van der Waals surface area contributed by atoms with E-state index in [1.165, 1.54) is 23.1 Å². The summed E-state index contributed by atoms with van der Waals surface area (Å²) in [5.74, 6) is 1.00. The third-order valence-electron chi connectivity index (χ3n) is 3.87. The zero-order valence-corrected chi connectivity index (χ0v) is 11.8. The van der Waals surface area contributed by atoms with Gasteiger partial charge in [-0.05, 0) is 32.6 Å². The average Bonchev–Trinajstić information content (AvgIpc) is 2.24. The number of amides is 1. The highest BCUT2D eigenvalue weighted by Gasteiger charge is 2.29. The van der Waals surface area contributed by atoms with Crippen molar-refractivity contribution < 1.29 is 4.79 Å². The molecule has 2 nitrogen and oxygen atoms in total. The van der Waals surface area contributed by atoms with Crippen LogP contribution in [0.2, 0.25) is 0 Å². The summed E-state index contributed by atoms with van der Waals surface area (Å²) in [4.78, 5) is 13.6. The molecule has 0 spiro atoms. The van der Waals surface area contributed by atoms with Crippen molar-refractivity contribution in [1.82, 2.24) is 4.90 Å². The van der Waals surface area contributed by atoms with Crippen molar-refractivity contribution in [3.05, 3.63) is 23.3 Å². The molecule has 1 aliphatic rings. The maximum atomic E-state index is 11.9. The smallest absolute Gasteiger partial charge is 0.222 e. The lowest BCUT2D eigenvalue weighted by Gasteiger charge is -2.34. The monoisotopic (exact) mass is 235 g/mol. The summed E-state index contributed by atoms with van der Waals surface area (Å²) in [5, 5.41) is 0. The molecule has 0 aromatic carbocycles. The summed E-state index contributed by atoms with van der Waals surface area (Å²) in [6, 6.07) is 0. The average molecular weight is 235 g/mol. The highest BCUT2D eigenvalue weighted by Crippen LogP contribution is 2.40. The van der Waals surface area contributed by atoms with Crippen molar-refractivity contribution in [2.24, 2.45) is 11.8 Å². The van der Waals surface area contributed by atoms with Crippen LogP contribution in [-0.4, -0.2) is 24.9 Å². The number of carbonyl (C=O) groups is 1. The van der Waals surface area contributed by atoms with Crippen molar-refractivity contribution >= 4 is 5.91 Å². The van der Waals surface area contributed by atoms with E-state index < -0.39 is 0 Å². The van der Waals surface area contributed by atoms with Crippen LogP contribution >= 0.6 is 0 Å². The maximum absolute atomic E-state index is 11.9. The van der Waals surface area contributed by atoms with E-state index in [4.69, 9.17) is 0 Å². The van der Waals surface area contributed by atoms with E-state index in [2.05, 4.69) is 27.4 Å². The molecule has 1 aliphatic carbocycles. The number of hydrogen-bond donors (Lipinski definition) is 0. The zero-order chi connectivity index (χ0) is 13.2. The Balaban J connectivity index is 2.92. The van der Waals surface area contributed by atoms with Crippen molar-refractivity contribution in [1.29, 1.82) is 0 Å². The summed E-state index contributed by atoms with van der Waals surface area (Å²) in [6.45, 7) is 10.7. The SMILES string of the molecule is C=C1[C@@H](CC(=O)N(C)C)C(=C(C)C)CC[C@H]1C. The van der Waals surface area contributed by atoms with Gasteiger partial charge in [-0.3, -0.25) is 4.79 Å². The van der Waals surface area contributed by atoms with Gasteiger partial charge in [0.25, 0.3) is 0 Å². The molecule has 0 aromatic rings. The fourth-order valence-corrected chi connectivity index (χ4v) is 2.51. The van der Waals surface area contributed by atoms with Gasteiger partial charge in [-0.1, -0.05) is 30.2 Å². The first-order valence-corrected chi connectivity index (χ1v) is 6.39. The Hall–Kier alpha value is -1.05. The first-order chi connectivity index (χ1) is 7.84. The topological polar surface area (TPSA) is 20.3 Å². The van der Waals surface area contributed by atoms with Crippen molar-refractivity contribution in [3.8, 4) is 0 Å². The molecule has 0 saturated heterocycles. The molecule has 0 unspecified atom stereocenters. The molecule has 0 bridgehead atoms. The highest BCUT2D eigenvalue weighted by atomic mass is 16.2. The fourth-order valence-electron chi connectivity index (χ4n) is 2.51. The molecule has 0 heterocycles. The second-order valence-corrected chi connectivity index (χ2v) is 5.58. The van der Waals surface area contributed by atoms with E-state index in [-0.39, 0.29) is 11.8 Å². The predicted molar refractivity (Wildman–Crippen MR) is 72.7 cm³/mol. The highest BCUT2D eigenvalue weighted by molar-refractivity contribution is 5.76. The van der Waals surface area contributed by atoms with Gasteiger partial charge in [-0.15, -0.1) is 0 Å². The Morgan fingerprint density at radius 2 is 2.00 bits per heavy atom. The number of nitrogens with zero attached hydrogens (tertiary/aromatic N) is 1. The molecular weight excluding hydrogens is 210 g/mol. The van der Waals surface area contributed by atoms with Gasteiger partial charge >= 0.3 is 0 Å². The molecule has 96 valence electrons. The lowest BCUT2D eigenvalue weighted by Crippen LogP contribution is -2.29. The molecule has 1 saturated carbocycles. The van der Waals surface area contributed by atoms with Crippen LogP contribution in [0.1, 0.15) is 40.0 Å². The van der Waals surface area contributed by atoms with Gasteiger partial charge in [0.05, 0.1) is 0 Å². The van der Waals surface area contributed by atoms with Gasteiger partial charge < -0.3 is 4.90 Å². The number of hydrogen-bond acceptors (Lipinski definition) is 1.